The van der Waals surface area contributed by atoms with Crippen molar-refractivity contribution in [3.8, 4) is 0 Å². The van der Waals surface area contributed by atoms with Crippen LogP contribution in [0.2, 0.25) is 0 Å². The van der Waals surface area contributed by atoms with Crippen molar-refractivity contribution in [2.75, 3.05) is 5.32 Å². The Morgan fingerprint density at radius 1 is 1.10 bits per heavy atom. The van der Waals surface area contributed by atoms with Gasteiger partial charge in [0.2, 0.25) is 5.91 Å². The first-order valence-corrected chi connectivity index (χ1v) is 9.23. The van der Waals surface area contributed by atoms with Gasteiger partial charge in [0.25, 0.3) is 5.91 Å². The molecule has 0 saturated heterocycles. The molecule has 0 aliphatic carbocycles. The van der Waals surface area contributed by atoms with Gasteiger partial charge in [-0.2, -0.15) is 5.10 Å². The van der Waals surface area contributed by atoms with Gasteiger partial charge in [-0.1, -0.05) is 32.0 Å². The van der Waals surface area contributed by atoms with E-state index in [2.05, 4.69) is 20.7 Å². The second kappa shape index (κ2) is 9.09. The molecule has 3 aromatic rings. The molecule has 0 saturated carbocycles. The number of nitrogens with one attached hydrogen (secondary N) is 2. The number of hydrogen-bond acceptors (Lipinski definition) is 4. The largest absolute Gasteiger partial charge is 0.340 e. The van der Waals surface area contributed by atoms with Crippen molar-refractivity contribution in [1.82, 2.24) is 20.1 Å². The van der Waals surface area contributed by atoms with Crippen LogP contribution in [-0.4, -0.2) is 32.6 Å². The van der Waals surface area contributed by atoms with E-state index in [0.29, 0.717) is 12.4 Å². The minimum atomic E-state index is -0.844. The van der Waals surface area contributed by atoms with E-state index in [1.807, 2.05) is 18.2 Å². The molecule has 2 amide bonds. The molecule has 0 radical (unpaired) electrons. The highest BCUT2D eigenvalue weighted by molar-refractivity contribution is 6.01. The van der Waals surface area contributed by atoms with Crippen LogP contribution >= 0.6 is 0 Å². The minimum absolute atomic E-state index is 0.106. The van der Waals surface area contributed by atoms with Crippen LogP contribution in [0.3, 0.4) is 0 Å². The van der Waals surface area contributed by atoms with Gasteiger partial charge in [0, 0.05) is 18.5 Å². The number of pyridine rings is 1. The summed E-state index contributed by atoms with van der Waals surface area (Å²) in [5.41, 5.74) is 0.733. The van der Waals surface area contributed by atoms with Crippen molar-refractivity contribution in [3.05, 3.63) is 78.0 Å². The smallest absolute Gasteiger partial charge is 0.254 e. The molecule has 1 atom stereocenters. The number of hydrogen-bond donors (Lipinski definition) is 2. The highest BCUT2D eigenvalue weighted by Gasteiger charge is 2.26. The number of carbonyl (C=O) groups is 2. The fourth-order valence-corrected chi connectivity index (χ4v) is 2.78. The number of nitrogens with zero attached hydrogens (tertiary/aromatic N) is 3. The third-order valence-electron chi connectivity index (χ3n) is 4.30. The fourth-order valence-electron chi connectivity index (χ4n) is 2.78. The van der Waals surface area contributed by atoms with Gasteiger partial charge in [-0.15, -0.1) is 0 Å². The van der Waals surface area contributed by atoms with Gasteiger partial charge in [-0.3, -0.25) is 19.3 Å². The molecule has 1 aromatic carbocycles. The Morgan fingerprint density at radius 2 is 1.86 bits per heavy atom. The standard InChI is InChI=1S/C21H22FN5O2/c1-14(2)19(25-20(28)16-8-3-4-9-17(16)22)21(29)24-18-10-12-27(26-18)13-15-7-5-6-11-23-15/h3-12,14,19H,13H2,1-2H3,(H,25,28)(H,24,26,29). The summed E-state index contributed by atoms with van der Waals surface area (Å²) in [7, 11) is 0. The molecule has 1 unspecified atom stereocenters. The first-order valence-electron chi connectivity index (χ1n) is 9.23. The number of benzene rings is 1. The zero-order chi connectivity index (χ0) is 20.8. The van der Waals surface area contributed by atoms with Crippen molar-refractivity contribution in [1.29, 1.82) is 0 Å². The van der Waals surface area contributed by atoms with Crippen molar-refractivity contribution < 1.29 is 14.0 Å². The van der Waals surface area contributed by atoms with Crippen LogP contribution in [0, 0.1) is 11.7 Å². The van der Waals surface area contributed by atoms with Gasteiger partial charge in [0.15, 0.2) is 5.82 Å². The molecule has 2 N–H and O–H groups in total. The quantitative estimate of drug-likeness (QED) is 0.644. The number of anilines is 1. The molecule has 0 bridgehead atoms. The molecule has 0 fully saturated rings. The van der Waals surface area contributed by atoms with Gasteiger partial charge < -0.3 is 10.6 Å². The minimum Gasteiger partial charge on any atom is -0.340 e. The summed E-state index contributed by atoms with van der Waals surface area (Å²) in [6.45, 7) is 4.06. The lowest BCUT2D eigenvalue weighted by Crippen LogP contribution is -2.47. The summed E-state index contributed by atoms with van der Waals surface area (Å²) < 4.78 is 15.5. The Hall–Kier alpha value is -3.55. The SMILES string of the molecule is CC(C)C(NC(=O)c1ccccc1F)C(=O)Nc1ccn(Cc2ccccn2)n1. The zero-order valence-corrected chi connectivity index (χ0v) is 16.2. The van der Waals surface area contributed by atoms with E-state index < -0.39 is 23.7 Å². The second-order valence-electron chi connectivity index (χ2n) is 6.88. The first kappa shape index (κ1) is 20.2. The van der Waals surface area contributed by atoms with Crippen molar-refractivity contribution >= 4 is 17.6 Å². The highest BCUT2D eigenvalue weighted by atomic mass is 19.1. The van der Waals surface area contributed by atoms with Gasteiger partial charge in [-0.05, 0) is 30.2 Å². The number of halogens is 1. The molecule has 0 aliphatic heterocycles. The summed E-state index contributed by atoms with van der Waals surface area (Å²) in [6.07, 6.45) is 3.43. The number of aromatic nitrogens is 3. The molecule has 7 nitrogen and oxygen atoms in total. The Labute approximate surface area is 168 Å². The Balaban J connectivity index is 1.66. The molecular weight excluding hydrogens is 373 g/mol. The predicted octanol–water partition coefficient (Wildman–Crippen LogP) is 2.86. The van der Waals surface area contributed by atoms with Crippen LogP contribution in [0.4, 0.5) is 10.2 Å². The molecule has 2 aromatic heterocycles. The molecule has 29 heavy (non-hydrogen) atoms. The van der Waals surface area contributed by atoms with Crippen LogP contribution in [-0.2, 0) is 11.3 Å². The summed E-state index contributed by atoms with van der Waals surface area (Å²) in [6, 6.07) is 12.1. The number of amides is 2. The van der Waals surface area contributed by atoms with E-state index >= 15 is 0 Å². The summed E-state index contributed by atoms with van der Waals surface area (Å²) in [4.78, 5) is 29.3. The fraction of sp³-hybridized carbons (Fsp3) is 0.238. The molecule has 3 rings (SSSR count). The van der Waals surface area contributed by atoms with Crippen molar-refractivity contribution in [3.63, 3.8) is 0 Å². The van der Waals surface area contributed by atoms with Crippen LogP contribution in [0.25, 0.3) is 0 Å². The van der Waals surface area contributed by atoms with E-state index in [4.69, 9.17) is 0 Å². The highest BCUT2D eigenvalue weighted by Crippen LogP contribution is 2.11. The van der Waals surface area contributed by atoms with E-state index in [9.17, 15) is 14.0 Å². The normalized spacial score (nSPS) is 11.9. The van der Waals surface area contributed by atoms with E-state index in [1.165, 1.54) is 18.2 Å². The maximum Gasteiger partial charge on any atom is 0.254 e. The summed E-state index contributed by atoms with van der Waals surface area (Å²) in [5, 5.41) is 9.62. The molecule has 2 heterocycles. The Morgan fingerprint density at radius 3 is 2.55 bits per heavy atom. The van der Waals surface area contributed by atoms with Crippen LogP contribution < -0.4 is 10.6 Å². The third-order valence-corrected chi connectivity index (χ3v) is 4.30. The Bertz CT molecular complexity index is 988. The van der Waals surface area contributed by atoms with Gasteiger partial charge in [0.05, 0.1) is 17.8 Å². The second-order valence-corrected chi connectivity index (χ2v) is 6.88. The topological polar surface area (TPSA) is 88.9 Å². The predicted molar refractivity (Wildman–Crippen MR) is 107 cm³/mol. The van der Waals surface area contributed by atoms with Gasteiger partial charge in [0.1, 0.15) is 11.9 Å². The van der Waals surface area contributed by atoms with Gasteiger partial charge >= 0.3 is 0 Å². The molecule has 150 valence electrons. The molecular formula is C21H22FN5O2. The average Bonchev–Trinajstić information content (AvgIpc) is 3.13. The average molecular weight is 395 g/mol. The summed E-state index contributed by atoms with van der Waals surface area (Å²) in [5.74, 6) is -1.55. The summed E-state index contributed by atoms with van der Waals surface area (Å²) >= 11 is 0. The van der Waals surface area contributed by atoms with Crippen molar-refractivity contribution in [2.45, 2.75) is 26.4 Å². The lowest BCUT2D eigenvalue weighted by atomic mass is 10.0. The van der Waals surface area contributed by atoms with Crippen LogP contribution in [0.15, 0.2) is 60.9 Å². The lowest BCUT2D eigenvalue weighted by Gasteiger charge is -2.21. The third kappa shape index (κ3) is 5.25. The molecule has 8 heteroatoms. The number of carbonyl (C=O) groups excluding carboxylic acids is 2. The van der Waals surface area contributed by atoms with E-state index in [-0.39, 0.29) is 11.5 Å². The molecule has 0 spiro atoms. The maximum atomic E-state index is 13.8. The van der Waals surface area contributed by atoms with Crippen LogP contribution in [0.1, 0.15) is 29.9 Å². The lowest BCUT2D eigenvalue weighted by molar-refractivity contribution is -0.118. The monoisotopic (exact) mass is 395 g/mol. The van der Waals surface area contributed by atoms with Crippen molar-refractivity contribution in [2.24, 2.45) is 5.92 Å². The molecule has 0 aliphatic rings. The zero-order valence-electron chi connectivity index (χ0n) is 16.2. The van der Waals surface area contributed by atoms with Crippen LogP contribution in [0.5, 0.6) is 0 Å². The first-order chi connectivity index (χ1) is 13.9. The Kier molecular flexibility index (Phi) is 6.33. The van der Waals surface area contributed by atoms with Gasteiger partial charge in [-0.25, -0.2) is 4.39 Å². The van der Waals surface area contributed by atoms with E-state index in [0.717, 1.165) is 5.69 Å². The van der Waals surface area contributed by atoms with E-state index in [1.54, 1.807) is 43.1 Å². The number of rotatable bonds is 7. The maximum absolute atomic E-state index is 13.8.